The summed E-state index contributed by atoms with van der Waals surface area (Å²) in [5.41, 5.74) is 1.07. The Morgan fingerprint density at radius 3 is 2.89 bits per heavy atom. The Hall–Kier alpha value is -0.450. The second-order valence-electron chi connectivity index (χ2n) is 5.08. The lowest BCUT2D eigenvalue weighted by atomic mass is 9.96. The van der Waals surface area contributed by atoms with Gasteiger partial charge in [-0.15, -0.1) is 0 Å². The lowest BCUT2D eigenvalue weighted by Crippen LogP contribution is -2.28. The van der Waals surface area contributed by atoms with Crippen molar-refractivity contribution in [3.8, 4) is 0 Å². The van der Waals surface area contributed by atoms with Gasteiger partial charge in [-0.3, -0.25) is 0 Å². The van der Waals surface area contributed by atoms with Crippen LogP contribution in [-0.4, -0.2) is 26.8 Å². The first-order chi connectivity index (χ1) is 8.65. The second kappa shape index (κ2) is 6.13. The number of hydrogen-bond acceptors (Lipinski definition) is 2. The summed E-state index contributed by atoms with van der Waals surface area (Å²) in [6.45, 7) is 2.53. The maximum absolute atomic E-state index is 13.7. The number of benzene rings is 1. The van der Waals surface area contributed by atoms with Crippen molar-refractivity contribution < 1.29 is 9.13 Å². The average molecular weight is 316 g/mol. The van der Waals surface area contributed by atoms with Crippen LogP contribution in [0, 0.1) is 11.2 Å². The minimum absolute atomic E-state index is 0.0960. The molecule has 4 heteroatoms. The van der Waals surface area contributed by atoms with Crippen molar-refractivity contribution in [2.45, 2.75) is 19.3 Å². The molecule has 1 fully saturated rings. The minimum Gasteiger partial charge on any atom is -0.383 e. The topological polar surface area (TPSA) is 21.3 Å². The first-order valence-corrected chi connectivity index (χ1v) is 7.08. The van der Waals surface area contributed by atoms with E-state index >= 15 is 0 Å². The molecular weight excluding hydrogens is 297 g/mol. The summed E-state index contributed by atoms with van der Waals surface area (Å²) in [5.74, 6) is -0.0960. The summed E-state index contributed by atoms with van der Waals surface area (Å²) in [6, 6.07) is 5.17. The zero-order chi connectivity index (χ0) is 13.0. The van der Waals surface area contributed by atoms with E-state index in [0.29, 0.717) is 0 Å². The van der Waals surface area contributed by atoms with Gasteiger partial charge in [-0.1, -0.05) is 15.9 Å². The van der Waals surface area contributed by atoms with Crippen molar-refractivity contribution in [2.75, 3.05) is 26.8 Å². The molecule has 1 N–H and O–H groups in total. The molecule has 0 aromatic heterocycles. The fraction of sp³-hybridized carbons (Fsp3) is 0.571. The van der Waals surface area contributed by atoms with Crippen LogP contribution in [0.2, 0.25) is 0 Å². The van der Waals surface area contributed by atoms with Crippen LogP contribution in [-0.2, 0) is 11.2 Å². The monoisotopic (exact) mass is 315 g/mol. The molecule has 2 rings (SSSR count). The van der Waals surface area contributed by atoms with Crippen LogP contribution in [0.25, 0.3) is 0 Å². The zero-order valence-corrected chi connectivity index (χ0v) is 12.2. The largest absolute Gasteiger partial charge is 0.383 e. The molecule has 100 valence electrons. The molecule has 1 saturated carbocycles. The summed E-state index contributed by atoms with van der Waals surface area (Å²) in [5, 5.41) is 3.38. The number of halogens is 2. The molecular formula is C14H19BrFNO. The molecule has 1 aromatic rings. The second-order valence-corrected chi connectivity index (χ2v) is 6.00. The Labute approximate surface area is 116 Å². The van der Waals surface area contributed by atoms with Crippen molar-refractivity contribution in [3.63, 3.8) is 0 Å². The first kappa shape index (κ1) is 14.0. The summed E-state index contributed by atoms with van der Waals surface area (Å²) in [4.78, 5) is 0. The lowest BCUT2D eigenvalue weighted by Gasteiger charge is -2.16. The number of ether oxygens (including phenoxy) is 1. The van der Waals surface area contributed by atoms with E-state index in [2.05, 4.69) is 21.2 Å². The van der Waals surface area contributed by atoms with Gasteiger partial charge < -0.3 is 10.1 Å². The Bertz CT molecular complexity index is 407. The Balaban J connectivity index is 1.90. The van der Waals surface area contributed by atoms with Crippen LogP contribution < -0.4 is 5.32 Å². The molecule has 1 aliphatic carbocycles. The number of nitrogens with one attached hydrogen (secondary N) is 1. The predicted molar refractivity (Wildman–Crippen MR) is 74.2 cm³/mol. The van der Waals surface area contributed by atoms with Gasteiger partial charge in [-0.25, -0.2) is 4.39 Å². The van der Waals surface area contributed by atoms with Gasteiger partial charge in [-0.05, 0) is 48.4 Å². The van der Waals surface area contributed by atoms with Crippen molar-refractivity contribution in [1.29, 1.82) is 0 Å². The molecule has 0 amide bonds. The first-order valence-electron chi connectivity index (χ1n) is 6.29. The van der Waals surface area contributed by atoms with Gasteiger partial charge in [0.25, 0.3) is 0 Å². The molecule has 0 heterocycles. The highest BCUT2D eigenvalue weighted by Gasteiger charge is 2.42. The normalized spacial score (nSPS) is 16.8. The highest BCUT2D eigenvalue weighted by molar-refractivity contribution is 9.10. The van der Waals surface area contributed by atoms with Crippen LogP contribution in [0.1, 0.15) is 18.4 Å². The average Bonchev–Trinajstić information content (AvgIpc) is 3.10. The van der Waals surface area contributed by atoms with E-state index in [4.69, 9.17) is 4.74 Å². The SMILES string of the molecule is COCCNCC1(Cc2cc(Br)ccc2F)CC1. The van der Waals surface area contributed by atoms with Crippen molar-refractivity contribution in [1.82, 2.24) is 5.32 Å². The molecule has 0 spiro atoms. The number of hydrogen-bond donors (Lipinski definition) is 1. The fourth-order valence-corrected chi connectivity index (χ4v) is 2.61. The molecule has 0 aliphatic heterocycles. The number of methoxy groups -OCH3 is 1. The van der Waals surface area contributed by atoms with Gasteiger partial charge in [0, 0.05) is 24.7 Å². The standard InChI is InChI=1S/C14H19BrFNO/c1-18-7-6-17-10-14(4-5-14)9-11-8-12(15)2-3-13(11)16/h2-3,8,17H,4-7,9-10H2,1H3. The predicted octanol–water partition coefficient (Wildman–Crippen LogP) is 3.15. The maximum atomic E-state index is 13.7. The Morgan fingerprint density at radius 2 is 2.22 bits per heavy atom. The van der Waals surface area contributed by atoms with Crippen molar-refractivity contribution >= 4 is 15.9 Å². The highest BCUT2D eigenvalue weighted by atomic mass is 79.9. The van der Waals surface area contributed by atoms with Crippen molar-refractivity contribution in [2.24, 2.45) is 5.41 Å². The third-order valence-electron chi connectivity index (χ3n) is 3.51. The fourth-order valence-electron chi connectivity index (χ4n) is 2.20. The van der Waals surface area contributed by atoms with Gasteiger partial charge in [0.1, 0.15) is 5.82 Å². The van der Waals surface area contributed by atoms with Crippen LogP contribution in [0.4, 0.5) is 4.39 Å². The van der Waals surface area contributed by atoms with Crippen LogP contribution in [0.5, 0.6) is 0 Å². The zero-order valence-electron chi connectivity index (χ0n) is 10.6. The quantitative estimate of drug-likeness (QED) is 0.780. The molecule has 1 aromatic carbocycles. The van der Waals surface area contributed by atoms with Gasteiger partial charge >= 0.3 is 0 Å². The van der Waals surface area contributed by atoms with Crippen molar-refractivity contribution in [3.05, 3.63) is 34.1 Å². The summed E-state index contributed by atoms with van der Waals surface area (Å²) >= 11 is 3.40. The summed E-state index contributed by atoms with van der Waals surface area (Å²) in [7, 11) is 1.70. The third-order valence-corrected chi connectivity index (χ3v) is 4.01. The Morgan fingerprint density at radius 1 is 1.44 bits per heavy atom. The van der Waals surface area contributed by atoms with E-state index in [0.717, 1.165) is 36.2 Å². The molecule has 0 radical (unpaired) electrons. The van der Waals surface area contributed by atoms with Gasteiger partial charge in [-0.2, -0.15) is 0 Å². The third kappa shape index (κ3) is 3.77. The minimum atomic E-state index is -0.0960. The maximum Gasteiger partial charge on any atom is 0.126 e. The molecule has 0 unspecified atom stereocenters. The highest BCUT2D eigenvalue weighted by Crippen LogP contribution is 2.48. The molecule has 0 atom stereocenters. The van der Waals surface area contributed by atoms with Crippen LogP contribution >= 0.6 is 15.9 Å². The van der Waals surface area contributed by atoms with Gasteiger partial charge in [0.05, 0.1) is 6.61 Å². The number of rotatable bonds is 7. The molecule has 2 nitrogen and oxygen atoms in total. The summed E-state index contributed by atoms with van der Waals surface area (Å²) in [6.07, 6.45) is 3.18. The molecule has 0 bridgehead atoms. The molecule has 18 heavy (non-hydrogen) atoms. The van der Waals surface area contributed by atoms with E-state index in [-0.39, 0.29) is 11.2 Å². The van der Waals surface area contributed by atoms with E-state index in [1.54, 1.807) is 13.2 Å². The van der Waals surface area contributed by atoms with E-state index in [1.165, 1.54) is 18.9 Å². The lowest BCUT2D eigenvalue weighted by molar-refractivity contribution is 0.197. The van der Waals surface area contributed by atoms with E-state index in [1.807, 2.05) is 6.07 Å². The van der Waals surface area contributed by atoms with Gasteiger partial charge in [0.15, 0.2) is 0 Å². The van der Waals surface area contributed by atoms with Gasteiger partial charge in [0.2, 0.25) is 0 Å². The van der Waals surface area contributed by atoms with Crippen LogP contribution in [0.3, 0.4) is 0 Å². The smallest absolute Gasteiger partial charge is 0.126 e. The Kier molecular flexibility index (Phi) is 4.76. The molecule has 1 aliphatic rings. The van der Waals surface area contributed by atoms with E-state index in [9.17, 15) is 4.39 Å². The molecule has 0 saturated heterocycles. The summed E-state index contributed by atoms with van der Waals surface area (Å²) < 4.78 is 19.7. The van der Waals surface area contributed by atoms with E-state index < -0.39 is 0 Å². The van der Waals surface area contributed by atoms with Crippen LogP contribution in [0.15, 0.2) is 22.7 Å².